The highest BCUT2D eigenvalue weighted by molar-refractivity contribution is 8.17. The smallest absolute Gasteiger partial charge is 0.131 e. The maximum Gasteiger partial charge on any atom is 0.131 e. The predicted molar refractivity (Wildman–Crippen MR) is 114 cm³/mol. The van der Waals surface area contributed by atoms with Crippen LogP contribution >= 0.6 is 35.0 Å². The lowest BCUT2D eigenvalue weighted by atomic mass is 10.0. The summed E-state index contributed by atoms with van der Waals surface area (Å²) in [5.74, 6) is 0. The molecule has 1 N–H and O–H groups in total. The molecule has 0 fully saturated rings. The van der Waals surface area contributed by atoms with Gasteiger partial charge in [0, 0.05) is 16.5 Å². The van der Waals surface area contributed by atoms with Gasteiger partial charge in [0.15, 0.2) is 0 Å². The first-order chi connectivity index (χ1) is 12.7. The Morgan fingerprint density at radius 1 is 0.692 bits per heavy atom. The zero-order valence-electron chi connectivity index (χ0n) is 13.6. The van der Waals surface area contributed by atoms with Gasteiger partial charge in [0.2, 0.25) is 0 Å². The second-order valence-corrected chi connectivity index (χ2v) is 7.39. The monoisotopic (exact) mass is 396 g/mol. The van der Waals surface area contributed by atoms with Crippen molar-refractivity contribution < 1.29 is 0 Å². The van der Waals surface area contributed by atoms with Crippen LogP contribution in [0.25, 0.3) is 16.8 Å². The third kappa shape index (κ3) is 3.51. The van der Waals surface area contributed by atoms with Gasteiger partial charge in [0.1, 0.15) is 5.04 Å². The molecule has 26 heavy (non-hydrogen) atoms. The lowest BCUT2D eigenvalue weighted by Gasteiger charge is -2.16. The van der Waals surface area contributed by atoms with Crippen molar-refractivity contribution in [2.75, 3.05) is 0 Å². The molecule has 0 saturated heterocycles. The van der Waals surface area contributed by atoms with E-state index in [0.29, 0.717) is 10.0 Å². The first-order valence-electron chi connectivity index (χ1n) is 8.03. The third-order valence-corrected chi connectivity index (χ3v) is 5.55. The summed E-state index contributed by atoms with van der Waals surface area (Å²) < 4.78 is 0. The Bertz CT molecular complexity index is 976. The lowest BCUT2D eigenvalue weighted by Crippen LogP contribution is -2.13. The molecule has 128 valence electrons. The van der Waals surface area contributed by atoms with Gasteiger partial charge >= 0.3 is 0 Å². The Kier molecular flexibility index (Phi) is 5.02. The third-order valence-electron chi connectivity index (χ3n) is 4.05. The average molecular weight is 397 g/mol. The van der Waals surface area contributed by atoms with Crippen LogP contribution in [0.4, 0.5) is 0 Å². The van der Waals surface area contributed by atoms with Crippen LogP contribution in [0.3, 0.4) is 0 Å². The van der Waals surface area contributed by atoms with Gasteiger partial charge in [-0.15, -0.1) is 0 Å². The van der Waals surface area contributed by atoms with E-state index >= 15 is 0 Å². The van der Waals surface area contributed by atoms with Crippen LogP contribution in [0.5, 0.6) is 0 Å². The first-order valence-corrected chi connectivity index (χ1v) is 9.67. The van der Waals surface area contributed by atoms with E-state index in [1.807, 2.05) is 41.8 Å². The minimum atomic E-state index is 0.592. The summed E-state index contributed by atoms with van der Waals surface area (Å²) in [6.45, 7) is 0. The highest BCUT2D eigenvalue weighted by Gasteiger charge is 2.16. The van der Waals surface area contributed by atoms with Crippen LogP contribution in [0, 0.1) is 0 Å². The van der Waals surface area contributed by atoms with E-state index in [9.17, 15) is 0 Å². The largest absolute Gasteiger partial charge is 0.276 e. The summed E-state index contributed by atoms with van der Waals surface area (Å²) in [5.41, 5.74) is 8.27. The van der Waals surface area contributed by atoms with Gasteiger partial charge in [-0.25, -0.2) is 0 Å². The van der Waals surface area contributed by atoms with Gasteiger partial charge in [-0.2, -0.15) is 5.10 Å². The summed E-state index contributed by atoms with van der Waals surface area (Å²) in [6.07, 6.45) is 0. The maximum atomic E-state index is 6.26. The van der Waals surface area contributed by atoms with Gasteiger partial charge < -0.3 is 0 Å². The van der Waals surface area contributed by atoms with Crippen LogP contribution < -0.4 is 5.43 Å². The molecule has 0 aliphatic carbocycles. The molecule has 4 rings (SSSR count). The number of thioether (sulfide) groups is 1. The molecule has 0 saturated carbocycles. The highest BCUT2D eigenvalue weighted by atomic mass is 35.5. The Hall–Kier alpha value is -2.20. The molecule has 0 spiro atoms. The fraction of sp³-hybridized carbons (Fsp3) is 0. The van der Waals surface area contributed by atoms with E-state index in [2.05, 4.69) is 46.9 Å². The summed E-state index contributed by atoms with van der Waals surface area (Å²) >= 11 is 14.0. The molecule has 1 heterocycles. The molecule has 2 nitrogen and oxygen atoms in total. The topological polar surface area (TPSA) is 24.4 Å². The molecule has 0 amide bonds. The van der Waals surface area contributed by atoms with E-state index < -0.39 is 0 Å². The molecular formula is C21H14Cl2N2S. The molecule has 3 aromatic carbocycles. The molecule has 0 unspecified atom stereocenters. The predicted octanol–water partition coefficient (Wildman–Crippen LogP) is 6.66. The summed E-state index contributed by atoms with van der Waals surface area (Å²) in [7, 11) is 0. The Labute approximate surface area is 166 Å². The number of hydrogen-bond donors (Lipinski definition) is 1. The second-order valence-electron chi connectivity index (χ2n) is 5.72. The fourth-order valence-corrected chi connectivity index (χ4v) is 4.24. The molecule has 0 atom stereocenters. The molecule has 1 aliphatic heterocycles. The van der Waals surface area contributed by atoms with E-state index in [1.54, 1.807) is 0 Å². The fourth-order valence-electron chi connectivity index (χ4n) is 2.70. The van der Waals surface area contributed by atoms with Crippen molar-refractivity contribution in [3.05, 3.63) is 99.4 Å². The van der Waals surface area contributed by atoms with Crippen molar-refractivity contribution in [1.82, 2.24) is 5.43 Å². The lowest BCUT2D eigenvalue weighted by molar-refractivity contribution is 0.996. The quantitative estimate of drug-likeness (QED) is 0.535. The highest BCUT2D eigenvalue weighted by Crippen LogP contribution is 2.32. The SMILES string of the molecule is Clc1cccc(Cl)c1C1=NNC(c2ccc(-c3ccccc3)cc2)=CS1. The Balaban J connectivity index is 1.54. The van der Waals surface area contributed by atoms with Crippen LogP contribution in [0.1, 0.15) is 11.1 Å². The number of halogens is 2. The maximum absolute atomic E-state index is 6.26. The first kappa shape index (κ1) is 17.2. The van der Waals surface area contributed by atoms with Crippen LogP contribution in [-0.4, -0.2) is 5.04 Å². The number of nitrogens with zero attached hydrogens (tertiary/aromatic N) is 1. The van der Waals surface area contributed by atoms with E-state index in [-0.39, 0.29) is 0 Å². The van der Waals surface area contributed by atoms with E-state index in [4.69, 9.17) is 23.2 Å². The molecule has 1 aliphatic rings. The van der Waals surface area contributed by atoms with Gasteiger partial charge in [-0.3, -0.25) is 5.43 Å². The van der Waals surface area contributed by atoms with Crippen LogP contribution in [0.2, 0.25) is 10.0 Å². The number of rotatable bonds is 3. The van der Waals surface area contributed by atoms with Gasteiger partial charge in [-0.05, 0) is 23.3 Å². The summed E-state index contributed by atoms with van der Waals surface area (Å²) in [5, 5.41) is 8.42. The van der Waals surface area contributed by atoms with E-state index in [0.717, 1.165) is 21.9 Å². The molecular weight excluding hydrogens is 383 g/mol. The molecule has 0 aromatic heterocycles. The van der Waals surface area contributed by atoms with Crippen LogP contribution in [0.15, 0.2) is 83.3 Å². The molecule has 0 bridgehead atoms. The van der Waals surface area contributed by atoms with Crippen molar-refractivity contribution in [2.45, 2.75) is 0 Å². The van der Waals surface area contributed by atoms with Crippen molar-refractivity contribution in [3.63, 3.8) is 0 Å². The van der Waals surface area contributed by atoms with Crippen molar-refractivity contribution >= 4 is 45.7 Å². The Morgan fingerprint density at radius 2 is 1.31 bits per heavy atom. The van der Waals surface area contributed by atoms with Gasteiger partial charge in [-0.1, -0.05) is 95.6 Å². The Morgan fingerprint density at radius 3 is 1.92 bits per heavy atom. The van der Waals surface area contributed by atoms with Crippen molar-refractivity contribution in [2.24, 2.45) is 5.10 Å². The summed E-state index contributed by atoms with van der Waals surface area (Å²) in [4.78, 5) is 0. The second kappa shape index (κ2) is 7.58. The van der Waals surface area contributed by atoms with E-state index in [1.165, 1.54) is 22.9 Å². The zero-order valence-corrected chi connectivity index (χ0v) is 15.9. The van der Waals surface area contributed by atoms with Gasteiger partial charge in [0.25, 0.3) is 0 Å². The zero-order chi connectivity index (χ0) is 17.9. The number of hydrogen-bond acceptors (Lipinski definition) is 3. The number of hydrazone groups is 1. The van der Waals surface area contributed by atoms with Crippen molar-refractivity contribution in [3.8, 4) is 11.1 Å². The van der Waals surface area contributed by atoms with Crippen molar-refractivity contribution in [1.29, 1.82) is 0 Å². The molecule has 3 aromatic rings. The number of nitrogens with one attached hydrogen (secondary N) is 1. The minimum absolute atomic E-state index is 0.592. The molecule has 0 radical (unpaired) electrons. The summed E-state index contributed by atoms with van der Waals surface area (Å²) in [6, 6.07) is 24.2. The number of benzene rings is 3. The van der Waals surface area contributed by atoms with Crippen LogP contribution in [-0.2, 0) is 0 Å². The minimum Gasteiger partial charge on any atom is -0.276 e. The van der Waals surface area contributed by atoms with Gasteiger partial charge in [0.05, 0.1) is 15.7 Å². The molecule has 5 heteroatoms. The average Bonchev–Trinajstić information content (AvgIpc) is 2.69. The normalized spacial score (nSPS) is 13.6. The standard InChI is InChI=1S/C21H14Cl2N2S/c22-17-7-4-8-18(23)20(17)21-25-24-19(13-26-21)16-11-9-15(10-12-16)14-5-2-1-3-6-14/h1-13,24H.